The standard InChI is InChI=1S/C11H12ClNO2/c1-7-4-8(2-3-9(7)6-13)11(15)10(14)5-12/h2-4,10-11,14-15H,5H2,1H3. The van der Waals surface area contributed by atoms with Crippen LogP contribution in [0.1, 0.15) is 22.8 Å². The van der Waals surface area contributed by atoms with Gasteiger partial charge in [-0.05, 0) is 24.1 Å². The molecule has 1 aromatic carbocycles. The van der Waals surface area contributed by atoms with Crippen LogP contribution in [0.4, 0.5) is 0 Å². The normalized spacial score (nSPS) is 14.3. The lowest BCUT2D eigenvalue weighted by molar-refractivity contribution is 0.0327. The summed E-state index contributed by atoms with van der Waals surface area (Å²) in [5, 5.41) is 27.7. The Morgan fingerprint density at radius 1 is 1.47 bits per heavy atom. The Kier molecular flexibility index (Phi) is 4.10. The third kappa shape index (κ3) is 2.69. The first-order chi connectivity index (χ1) is 7.10. The molecule has 80 valence electrons. The van der Waals surface area contributed by atoms with Gasteiger partial charge >= 0.3 is 0 Å². The Labute approximate surface area is 93.5 Å². The number of rotatable bonds is 3. The maximum atomic E-state index is 9.66. The molecule has 0 aliphatic heterocycles. The molecule has 2 atom stereocenters. The van der Waals surface area contributed by atoms with E-state index in [2.05, 4.69) is 0 Å². The molecule has 3 nitrogen and oxygen atoms in total. The highest BCUT2D eigenvalue weighted by Gasteiger charge is 2.17. The number of alkyl halides is 1. The molecule has 15 heavy (non-hydrogen) atoms. The van der Waals surface area contributed by atoms with E-state index < -0.39 is 12.2 Å². The van der Waals surface area contributed by atoms with Crippen molar-refractivity contribution >= 4 is 11.6 Å². The Balaban J connectivity index is 2.98. The van der Waals surface area contributed by atoms with Gasteiger partial charge in [0.25, 0.3) is 0 Å². The lowest BCUT2D eigenvalue weighted by atomic mass is 10.00. The van der Waals surface area contributed by atoms with E-state index >= 15 is 0 Å². The van der Waals surface area contributed by atoms with E-state index in [-0.39, 0.29) is 5.88 Å². The zero-order chi connectivity index (χ0) is 11.4. The quantitative estimate of drug-likeness (QED) is 0.767. The van der Waals surface area contributed by atoms with Gasteiger partial charge < -0.3 is 10.2 Å². The van der Waals surface area contributed by atoms with Crippen LogP contribution in [0.25, 0.3) is 0 Å². The summed E-state index contributed by atoms with van der Waals surface area (Å²) >= 11 is 5.43. The molecule has 0 saturated carbocycles. The second kappa shape index (κ2) is 5.13. The third-order valence-electron chi connectivity index (χ3n) is 2.23. The van der Waals surface area contributed by atoms with Crippen LogP contribution < -0.4 is 0 Å². The minimum Gasteiger partial charge on any atom is -0.389 e. The fourth-order valence-electron chi connectivity index (χ4n) is 1.30. The molecule has 2 unspecified atom stereocenters. The molecule has 0 aromatic heterocycles. The van der Waals surface area contributed by atoms with Crippen LogP contribution in [-0.2, 0) is 0 Å². The van der Waals surface area contributed by atoms with Crippen LogP contribution in [-0.4, -0.2) is 22.2 Å². The zero-order valence-electron chi connectivity index (χ0n) is 8.31. The molecule has 0 heterocycles. The third-order valence-corrected chi connectivity index (χ3v) is 2.55. The molecule has 0 bridgehead atoms. The van der Waals surface area contributed by atoms with Crippen LogP contribution in [0.3, 0.4) is 0 Å². The van der Waals surface area contributed by atoms with Gasteiger partial charge in [0.1, 0.15) is 6.10 Å². The first-order valence-electron chi connectivity index (χ1n) is 4.53. The van der Waals surface area contributed by atoms with E-state index in [0.29, 0.717) is 11.1 Å². The number of hydrogen-bond acceptors (Lipinski definition) is 3. The number of aliphatic hydroxyl groups is 2. The van der Waals surface area contributed by atoms with Crippen LogP contribution in [0, 0.1) is 18.3 Å². The highest BCUT2D eigenvalue weighted by atomic mass is 35.5. The minimum absolute atomic E-state index is 0.0276. The fraction of sp³-hybridized carbons (Fsp3) is 0.364. The monoisotopic (exact) mass is 225 g/mol. The molecule has 1 aromatic rings. The van der Waals surface area contributed by atoms with Crippen molar-refractivity contribution in [3.8, 4) is 6.07 Å². The van der Waals surface area contributed by atoms with E-state index in [0.717, 1.165) is 5.56 Å². The van der Waals surface area contributed by atoms with Crippen molar-refractivity contribution in [2.75, 3.05) is 5.88 Å². The summed E-state index contributed by atoms with van der Waals surface area (Å²) in [6.07, 6.45) is -1.99. The van der Waals surface area contributed by atoms with Crippen LogP contribution in [0.15, 0.2) is 18.2 Å². The van der Waals surface area contributed by atoms with Crippen LogP contribution in [0.2, 0.25) is 0 Å². The van der Waals surface area contributed by atoms with Gasteiger partial charge in [-0.1, -0.05) is 12.1 Å². The summed E-state index contributed by atoms with van der Waals surface area (Å²) in [4.78, 5) is 0. The molecule has 0 saturated heterocycles. The van der Waals surface area contributed by atoms with Gasteiger partial charge in [-0.2, -0.15) is 5.26 Å². The molecule has 0 spiro atoms. The average Bonchev–Trinajstić information content (AvgIpc) is 2.26. The van der Waals surface area contributed by atoms with E-state index in [1.165, 1.54) is 0 Å². The SMILES string of the molecule is Cc1cc(C(O)C(O)CCl)ccc1C#N. The first-order valence-corrected chi connectivity index (χ1v) is 5.06. The molecule has 0 fully saturated rings. The minimum atomic E-state index is -1.01. The summed E-state index contributed by atoms with van der Waals surface area (Å²) in [6.45, 7) is 1.78. The molecule has 1 rings (SSSR count). The Hall–Kier alpha value is -1.08. The summed E-state index contributed by atoms with van der Waals surface area (Å²) in [5.74, 6) is -0.0276. The van der Waals surface area contributed by atoms with E-state index in [1.807, 2.05) is 6.07 Å². The van der Waals surface area contributed by atoms with Crippen LogP contribution in [0.5, 0.6) is 0 Å². The summed E-state index contributed by atoms with van der Waals surface area (Å²) in [5.41, 5.74) is 1.90. The average molecular weight is 226 g/mol. The molecule has 0 amide bonds. The second-order valence-electron chi connectivity index (χ2n) is 3.35. The van der Waals surface area contributed by atoms with Crippen molar-refractivity contribution < 1.29 is 10.2 Å². The smallest absolute Gasteiger partial charge is 0.106 e. The number of nitrogens with zero attached hydrogens (tertiary/aromatic N) is 1. The Morgan fingerprint density at radius 3 is 2.60 bits per heavy atom. The fourth-order valence-corrected chi connectivity index (χ4v) is 1.47. The number of aliphatic hydroxyl groups excluding tert-OH is 2. The molecule has 0 aliphatic carbocycles. The van der Waals surface area contributed by atoms with Gasteiger partial charge in [-0.15, -0.1) is 11.6 Å². The molecule has 2 N–H and O–H groups in total. The molecule has 0 aliphatic rings. The number of nitriles is 1. The topological polar surface area (TPSA) is 64.2 Å². The van der Waals surface area contributed by atoms with Gasteiger partial charge in [0.15, 0.2) is 0 Å². The number of aryl methyl sites for hydroxylation is 1. The van der Waals surface area contributed by atoms with Crippen LogP contribution >= 0.6 is 11.6 Å². The number of halogens is 1. The number of hydrogen-bond donors (Lipinski definition) is 2. The number of benzene rings is 1. The highest BCUT2D eigenvalue weighted by Crippen LogP contribution is 2.20. The first kappa shape index (κ1) is 12.0. The lowest BCUT2D eigenvalue weighted by Gasteiger charge is -2.16. The molecular weight excluding hydrogens is 214 g/mol. The van der Waals surface area contributed by atoms with Crippen molar-refractivity contribution in [3.05, 3.63) is 34.9 Å². The predicted octanol–water partition coefficient (Wildman–Crippen LogP) is 1.50. The van der Waals surface area contributed by atoms with Crippen molar-refractivity contribution in [1.82, 2.24) is 0 Å². The van der Waals surface area contributed by atoms with Gasteiger partial charge in [-0.25, -0.2) is 0 Å². The van der Waals surface area contributed by atoms with Gasteiger partial charge in [0.05, 0.1) is 23.6 Å². The summed E-state index contributed by atoms with van der Waals surface area (Å²) < 4.78 is 0. The Bertz CT molecular complexity index is 387. The van der Waals surface area contributed by atoms with E-state index in [9.17, 15) is 10.2 Å². The lowest BCUT2D eigenvalue weighted by Crippen LogP contribution is -2.19. The zero-order valence-corrected chi connectivity index (χ0v) is 9.07. The van der Waals surface area contributed by atoms with Gasteiger partial charge in [-0.3, -0.25) is 0 Å². The van der Waals surface area contributed by atoms with Crippen molar-refractivity contribution in [1.29, 1.82) is 5.26 Å². The maximum absolute atomic E-state index is 9.66. The second-order valence-corrected chi connectivity index (χ2v) is 3.66. The molecule has 0 radical (unpaired) electrons. The largest absolute Gasteiger partial charge is 0.389 e. The van der Waals surface area contributed by atoms with E-state index in [4.69, 9.17) is 16.9 Å². The van der Waals surface area contributed by atoms with Gasteiger partial charge in [0, 0.05) is 0 Å². The molecular formula is C11H12ClNO2. The summed E-state index contributed by atoms with van der Waals surface area (Å²) in [6, 6.07) is 6.95. The highest BCUT2D eigenvalue weighted by molar-refractivity contribution is 6.18. The summed E-state index contributed by atoms with van der Waals surface area (Å²) in [7, 11) is 0. The van der Waals surface area contributed by atoms with Crippen molar-refractivity contribution in [3.63, 3.8) is 0 Å². The van der Waals surface area contributed by atoms with Crippen molar-refractivity contribution in [2.45, 2.75) is 19.1 Å². The maximum Gasteiger partial charge on any atom is 0.106 e. The predicted molar refractivity (Wildman–Crippen MR) is 57.6 cm³/mol. The van der Waals surface area contributed by atoms with Gasteiger partial charge in [0.2, 0.25) is 0 Å². The van der Waals surface area contributed by atoms with Crippen molar-refractivity contribution in [2.24, 2.45) is 0 Å². The van der Waals surface area contributed by atoms with E-state index in [1.54, 1.807) is 25.1 Å². The Morgan fingerprint density at radius 2 is 2.13 bits per heavy atom. The molecule has 4 heteroatoms.